The molecule has 2 aromatic carbocycles. The fraction of sp³-hybridized carbons (Fsp3) is 0.444. The zero-order chi connectivity index (χ0) is 24.5. The molecule has 7 heteroatoms. The number of hydrogen-bond acceptors (Lipinski definition) is 6. The van der Waals surface area contributed by atoms with E-state index in [9.17, 15) is 4.79 Å². The highest BCUT2D eigenvalue weighted by Crippen LogP contribution is 2.31. The Morgan fingerprint density at radius 3 is 2.53 bits per heavy atom. The topological polar surface area (TPSA) is 55.2 Å². The zero-order valence-electron chi connectivity index (χ0n) is 20.6. The number of likely N-dealkylation sites (N-methyl/N-ethyl adjacent to an activating group) is 1. The predicted octanol–water partition coefficient (Wildman–Crippen LogP) is 5.65. The number of ether oxygens (including phenoxy) is 2. The van der Waals surface area contributed by atoms with Gasteiger partial charge in [-0.2, -0.15) is 0 Å². The first-order chi connectivity index (χ1) is 16.5. The molecular weight excluding hydrogens is 496 g/mol. The number of rotatable bonds is 8. The molecule has 6 nitrogen and oxygen atoms in total. The molecule has 0 N–H and O–H groups in total. The minimum absolute atomic E-state index is 0.191. The number of carbonyl (C=O) groups excluding carboxylic acids is 1. The van der Waals surface area contributed by atoms with Gasteiger partial charge in [-0.1, -0.05) is 48.0 Å². The summed E-state index contributed by atoms with van der Waals surface area (Å²) in [7, 11) is 2.17. The van der Waals surface area contributed by atoms with E-state index in [1.165, 1.54) is 5.56 Å². The molecule has 0 aliphatic carbocycles. The smallest absolute Gasteiger partial charge is 0.310 e. The summed E-state index contributed by atoms with van der Waals surface area (Å²) in [5, 5.41) is 1.05. The van der Waals surface area contributed by atoms with Crippen LogP contribution in [0.2, 0.25) is 0 Å². The number of halogens is 1. The van der Waals surface area contributed by atoms with E-state index in [0.29, 0.717) is 19.0 Å². The molecule has 0 saturated carbocycles. The highest BCUT2D eigenvalue weighted by atomic mass is 79.9. The van der Waals surface area contributed by atoms with E-state index >= 15 is 0 Å². The van der Waals surface area contributed by atoms with Crippen molar-refractivity contribution >= 4 is 32.9 Å². The lowest BCUT2D eigenvalue weighted by Crippen LogP contribution is -2.43. The molecule has 0 bridgehead atoms. The molecule has 1 saturated heterocycles. The van der Waals surface area contributed by atoms with E-state index in [0.717, 1.165) is 59.3 Å². The van der Waals surface area contributed by atoms with Gasteiger partial charge >= 0.3 is 5.97 Å². The van der Waals surface area contributed by atoms with Crippen LogP contribution in [0.4, 0.5) is 0 Å². The van der Waals surface area contributed by atoms with Gasteiger partial charge < -0.3 is 18.8 Å². The van der Waals surface area contributed by atoms with Crippen LogP contribution in [0.25, 0.3) is 11.0 Å². The van der Waals surface area contributed by atoms with Gasteiger partial charge in [0.05, 0.1) is 19.3 Å². The van der Waals surface area contributed by atoms with Gasteiger partial charge in [0.15, 0.2) is 0 Å². The lowest BCUT2D eigenvalue weighted by molar-refractivity contribution is -0.142. The molecule has 0 amide bonds. The quantitative estimate of drug-likeness (QED) is 0.350. The molecular formula is C27H35BrN2O4. The van der Waals surface area contributed by atoms with Crippen LogP contribution in [0.15, 0.2) is 51.6 Å². The normalized spacial score (nSPS) is 14.5. The van der Waals surface area contributed by atoms with Crippen molar-refractivity contribution in [2.45, 2.75) is 40.3 Å². The van der Waals surface area contributed by atoms with E-state index < -0.39 is 0 Å². The van der Waals surface area contributed by atoms with Crippen molar-refractivity contribution in [3.05, 3.63) is 63.8 Å². The molecule has 0 atom stereocenters. The first kappa shape index (κ1) is 26.3. The van der Waals surface area contributed by atoms with Gasteiger partial charge in [-0.25, -0.2) is 0 Å². The van der Waals surface area contributed by atoms with E-state index in [4.69, 9.17) is 13.9 Å². The summed E-state index contributed by atoms with van der Waals surface area (Å²) < 4.78 is 18.2. The Kier molecular flexibility index (Phi) is 9.99. The molecule has 1 aliphatic rings. The van der Waals surface area contributed by atoms with Gasteiger partial charge in [0.2, 0.25) is 0 Å². The van der Waals surface area contributed by atoms with Gasteiger partial charge in [0.25, 0.3) is 0 Å². The molecule has 0 spiro atoms. The third-order valence-corrected chi connectivity index (χ3v) is 6.24. The SMILES string of the molecule is CC.CCOC(=O)Cc1ccccc1OCc1coc2c(CN3CCN(C)CC3)cc(Br)cc12. The summed E-state index contributed by atoms with van der Waals surface area (Å²) in [6.45, 7) is 11.7. The minimum Gasteiger partial charge on any atom is -0.488 e. The Balaban J connectivity index is 0.00000158. The molecule has 2 heterocycles. The fourth-order valence-electron chi connectivity index (χ4n) is 4.01. The Labute approximate surface area is 210 Å². The number of hydrogen-bond donors (Lipinski definition) is 0. The van der Waals surface area contributed by atoms with Crippen molar-refractivity contribution in [3.8, 4) is 5.75 Å². The number of benzene rings is 2. The minimum atomic E-state index is -0.255. The third kappa shape index (κ3) is 6.84. The van der Waals surface area contributed by atoms with Crippen molar-refractivity contribution in [2.75, 3.05) is 39.8 Å². The number of esters is 1. The van der Waals surface area contributed by atoms with Gasteiger partial charge in [-0.3, -0.25) is 9.69 Å². The predicted molar refractivity (Wildman–Crippen MR) is 139 cm³/mol. The van der Waals surface area contributed by atoms with Crippen LogP contribution in [0.1, 0.15) is 37.5 Å². The number of nitrogens with zero attached hydrogens (tertiary/aromatic N) is 2. The van der Waals surface area contributed by atoms with Gasteiger partial charge in [0, 0.05) is 59.3 Å². The molecule has 0 radical (unpaired) electrons. The summed E-state index contributed by atoms with van der Waals surface area (Å²) in [6.07, 6.45) is 1.97. The largest absolute Gasteiger partial charge is 0.488 e. The van der Waals surface area contributed by atoms with Crippen molar-refractivity contribution in [2.24, 2.45) is 0 Å². The van der Waals surface area contributed by atoms with E-state index in [1.807, 2.05) is 38.1 Å². The average Bonchev–Trinajstić information content (AvgIpc) is 3.24. The Morgan fingerprint density at radius 1 is 1.06 bits per heavy atom. The van der Waals surface area contributed by atoms with Gasteiger partial charge in [0.1, 0.15) is 17.9 Å². The van der Waals surface area contributed by atoms with Crippen LogP contribution >= 0.6 is 15.9 Å². The number of piperazine rings is 1. The molecule has 4 rings (SSSR count). The summed E-state index contributed by atoms with van der Waals surface area (Å²) in [5.41, 5.74) is 3.88. The van der Waals surface area contributed by atoms with E-state index in [2.05, 4.69) is 44.9 Å². The van der Waals surface area contributed by atoms with Crippen molar-refractivity contribution in [3.63, 3.8) is 0 Å². The summed E-state index contributed by atoms with van der Waals surface area (Å²) in [5.74, 6) is 0.428. The molecule has 3 aromatic rings. The first-order valence-electron chi connectivity index (χ1n) is 12.0. The van der Waals surface area contributed by atoms with E-state index in [1.54, 1.807) is 13.2 Å². The lowest BCUT2D eigenvalue weighted by atomic mass is 10.1. The van der Waals surface area contributed by atoms with Crippen molar-refractivity contribution in [1.82, 2.24) is 9.80 Å². The van der Waals surface area contributed by atoms with Crippen LogP contribution in [-0.2, 0) is 29.1 Å². The highest BCUT2D eigenvalue weighted by Gasteiger charge is 2.18. The second-order valence-corrected chi connectivity index (χ2v) is 9.08. The second kappa shape index (κ2) is 12.9. The number of fused-ring (bicyclic) bond motifs is 1. The first-order valence-corrected chi connectivity index (χ1v) is 12.8. The molecule has 1 aliphatic heterocycles. The van der Waals surface area contributed by atoms with Crippen LogP contribution in [-0.4, -0.2) is 55.6 Å². The fourth-order valence-corrected chi connectivity index (χ4v) is 4.52. The van der Waals surface area contributed by atoms with E-state index in [-0.39, 0.29) is 12.4 Å². The Bertz CT molecular complexity index is 1070. The summed E-state index contributed by atoms with van der Waals surface area (Å²) in [4.78, 5) is 16.7. The number of carbonyl (C=O) groups is 1. The monoisotopic (exact) mass is 530 g/mol. The maximum Gasteiger partial charge on any atom is 0.310 e. The average molecular weight is 531 g/mol. The molecule has 1 fully saturated rings. The maximum atomic E-state index is 11.9. The van der Waals surface area contributed by atoms with Gasteiger partial charge in [-0.05, 0) is 32.2 Å². The molecule has 0 unspecified atom stereocenters. The Hall–Kier alpha value is -2.35. The Morgan fingerprint density at radius 2 is 1.79 bits per heavy atom. The van der Waals surface area contributed by atoms with Gasteiger partial charge in [-0.15, -0.1) is 0 Å². The van der Waals surface area contributed by atoms with Crippen LogP contribution in [0, 0.1) is 0 Å². The second-order valence-electron chi connectivity index (χ2n) is 8.16. The van der Waals surface area contributed by atoms with Crippen LogP contribution < -0.4 is 4.74 Å². The lowest BCUT2D eigenvalue weighted by Gasteiger charge is -2.32. The molecule has 34 heavy (non-hydrogen) atoms. The van der Waals surface area contributed by atoms with Crippen molar-refractivity contribution in [1.29, 1.82) is 0 Å². The highest BCUT2D eigenvalue weighted by molar-refractivity contribution is 9.10. The third-order valence-electron chi connectivity index (χ3n) is 5.78. The zero-order valence-corrected chi connectivity index (χ0v) is 22.2. The summed E-state index contributed by atoms with van der Waals surface area (Å²) in [6, 6.07) is 11.8. The van der Waals surface area contributed by atoms with Crippen LogP contribution in [0.5, 0.6) is 5.75 Å². The molecule has 184 valence electrons. The standard InChI is InChI=1S/C25H29BrN2O4.C2H6/c1-3-30-24(29)13-18-6-4-5-7-23(18)31-16-20-17-32-25-19(12-21(26)14-22(20)25)15-28-10-8-27(2)9-11-28;1-2/h4-7,12,14,17H,3,8-11,13,15-16H2,1-2H3;1-2H3. The maximum absolute atomic E-state index is 11.9. The summed E-state index contributed by atoms with van der Waals surface area (Å²) >= 11 is 3.67. The van der Waals surface area contributed by atoms with Crippen molar-refractivity contribution < 1.29 is 18.7 Å². The number of para-hydroxylation sites is 1. The molecule has 1 aromatic heterocycles. The number of furan rings is 1. The van der Waals surface area contributed by atoms with Crippen LogP contribution in [0.3, 0.4) is 0 Å².